The summed E-state index contributed by atoms with van der Waals surface area (Å²) >= 11 is 0. The Labute approximate surface area is 255 Å². The average molecular weight is 616 g/mol. The van der Waals surface area contributed by atoms with Crippen molar-refractivity contribution in [1.82, 2.24) is 15.0 Å². The highest BCUT2D eigenvalue weighted by molar-refractivity contribution is 7.91. The number of sulfonamides is 1. The first-order chi connectivity index (χ1) is 21.0. The van der Waals surface area contributed by atoms with E-state index in [1.54, 1.807) is 57.3 Å². The van der Waals surface area contributed by atoms with Crippen LogP contribution >= 0.6 is 0 Å². The molecule has 2 heterocycles. The number of fused-ring (bicyclic) bond motifs is 1. The summed E-state index contributed by atoms with van der Waals surface area (Å²) in [6.07, 6.45) is 6.21. The predicted molar refractivity (Wildman–Crippen MR) is 166 cm³/mol. The lowest BCUT2D eigenvalue weighted by Crippen LogP contribution is -2.60. The smallest absolute Gasteiger partial charge is 0.321 e. The fourth-order valence-electron chi connectivity index (χ4n) is 5.06. The number of aliphatic carboxylic acids is 1. The van der Waals surface area contributed by atoms with E-state index in [-0.39, 0.29) is 18.8 Å². The second kappa shape index (κ2) is 12.5. The molecule has 1 aliphatic carbocycles. The molecule has 2 atom stereocenters. The van der Waals surface area contributed by atoms with Gasteiger partial charge in [0.1, 0.15) is 24.0 Å². The van der Waals surface area contributed by atoms with Crippen molar-refractivity contribution >= 4 is 38.4 Å². The Balaban J connectivity index is 1.49. The van der Waals surface area contributed by atoms with Crippen LogP contribution in [-0.2, 0) is 21.4 Å². The van der Waals surface area contributed by atoms with Crippen LogP contribution in [0.5, 0.6) is 5.75 Å². The van der Waals surface area contributed by atoms with Gasteiger partial charge < -0.3 is 19.6 Å². The van der Waals surface area contributed by atoms with Crippen LogP contribution in [-0.4, -0.2) is 41.3 Å². The molecule has 0 bridgehead atoms. The van der Waals surface area contributed by atoms with E-state index in [4.69, 9.17) is 9.15 Å². The van der Waals surface area contributed by atoms with E-state index in [1.807, 2.05) is 48.5 Å². The number of carboxylic acids is 1. The number of ether oxygens (including phenoxy) is 1. The molecule has 2 unspecified atom stereocenters. The van der Waals surface area contributed by atoms with Gasteiger partial charge in [0, 0.05) is 18.2 Å². The van der Waals surface area contributed by atoms with Crippen molar-refractivity contribution in [3.05, 3.63) is 114 Å². The molecule has 0 fully saturated rings. The number of carbonyl (C=O) groups is 2. The minimum atomic E-state index is -4.50. The standard InChI is InChI=1S/C33H33N3O7S/c1-21(2)29(32(38)39)36-44(40,41)33(17-15-24(16-18-33)23-10-5-4-6-11-23)35-31(37)30-22(3)28-26(13-9-14-27(28)43-30)42-20-25-12-7-8-19-34-25/h4-17,19,21,29,36H,18,20H2,1-3H3,(H,35,37)(H,38,39). The van der Waals surface area contributed by atoms with Gasteiger partial charge in [0.05, 0.1) is 11.1 Å². The number of hydrogen-bond acceptors (Lipinski definition) is 7. The van der Waals surface area contributed by atoms with E-state index < -0.39 is 38.7 Å². The van der Waals surface area contributed by atoms with Gasteiger partial charge in [0.25, 0.3) is 5.91 Å². The van der Waals surface area contributed by atoms with Gasteiger partial charge in [-0.1, -0.05) is 68.5 Å². The first-order valence-corrected chi connectivity index (χ1v) is 15.6. The van der Waals surface area contributed by atoms with Crippen LogP contribution in [0.4, 0.5) is 0 Å². The number of carboxylic acid groups (broad SMARTS) is 1. The highest BCUT2D eigenvalue weighted by atomic mass is 32.2. The Kier molecular flexibility index (Phi) is 8.70. The molecule has 11 heteroatoms. The third-order valence-corrected chi connectivity index (χ3v) is 9.44. The lowest BCUT2D eigenvalue weighted by molar-refractivity contribution is -0.140. The Morgan fingerprint density at radius 1 is 1.07 bits per heavy atom. The van der Waals surface area contributed by atoms with Crippen molar-refractivity contribution in [2.45, 2.75) is 44.7 Å². The van der Waals surface area contributed by atoms with Crippen LogP contribution < -0.4 is 14.8 Å². The number of pyridine rings is 1. The van der Waals surface area contributed by atoms with E-state index in [0.29, 0.717) is 22.3 Å². The second-order valence-electron chi connectivity index (χ2n) is 10.9. The highest BCUT2D eigenvalue weighted by Gasteiger charge is 2.46. The maximum Gasteiger partial charge on any atom is 0.321 e. The summed E-state index contributed by atoms with van der Waals surface area (Å²) < 4.78 is 42.2. The molecule has 0 radical (unpaired) electrons. The van der Waals surface area contributed by atoms with Gasteiger partial charge in [-0.3, -0.25) is 14.6 Å². The topological polar surface area (TPSA) is 148 Å². The lowest BCUT2D eigenvalue weighted by atomic mass is 9.96. The first-order valence-electron chi connectivity index (χ1n) is 14.1. The van der Waals surface area contributed by atoms with E-state index >= 15 is 0 Å². The zero-order chi connectivity index (χ0) is 31.5. The summed E-state index contributed by atoms with van der Waals surface area (Å²) in [4.78, 5) is 28.0. The molecule has 228 valence electrons. The van der Waals surface area contributed by atoms with Crippen LogP contribution in [0, 0.1) is 12.8 Å². The molecular formula is C33H33N3O7S. The van der Waals surface area contributed by atoms with Crippen LogP contribution in [0.25, 0.3) is 16.5 Å². The zero-order valence-corrected chi connectivity index (χ0v) is 25.3. The number of carbonyl (C=O) groups excluding carboxylic acids is 1. The van der Waals surface area contributed by atoms with Gasteiger partial charge in [0.15, 0.2) is 10.6 Å². The Morgan fingerprint density at radius 2 is 1.82 bits per heavy atom. The molecule has 0 saturated heterocycles. The highest BCUT2D eigenvalue weighted by Crippen LogP contribution is 2.35. The number of aromatic nitrogens is 1. The SMILES string of the molecule is Cc1c(C(=O)NC2(S(=O)(=O)NC(C(=O)O)C(C)C)C=CC(c3ccccc3)=CC2)oc2cccc(OCc3ccccn3)c12. The van der Waals surface area contributed by atoms with Gasteiger partial charge >= 0.3 is 5.97 Å². The summed E-state index contributed by atoms with van der Waals surface area (Å²) in [5.74, 6) is -2.27. The normalized spacial score (nSPS) is 17.3. The quantitative estimate of drug-likeness (QED) is 0.208. The fourth-order valence-corrected chi connectivity index (χ4v) is 6.75. The molecule has 3 N–H and O–H groups in total. The fraction of sp³-hybridized carbons (Fsp3) is 0.242. The molecule has 0 saturated carbocycles. The van der Waals surface area contributed by atoms with Gasteiger partial charge in [-0.2, -0.15) is 4.72 Å². The summed E-state index contributed by atoms with van der Waals surface area (Å²) in [5.41, 5.74) is 3.19. The Morgan fingerprint density at radius 3 is 2.45 bits per heavy atom. The monoisotopic (exact) mass is 615 g/mol. The zero-order valence-electron chi connectivity index (χ0n) is 24.5. The molecule has 2 aromatic carbocycles. The number of benzene rings is 2. The third-order valence-electron chi connectivity index (χ3n) is 7.51. The van der Waals surface area contributed by atoms with Crippen LogP contribution in [0.15, 0.2) is 95.6 Å². The van der Waals surface area contributed by atoms with E-state index in [1.165, 1.54) is 6.08 Å². The third kappa shape index (κ3) is 6.15. The maximum absolute atomic E-state index is 13.9. The molecule has 0 spiro atoms. The predicted octanol–water partition coefficient (Wildman–Crippen LogP) is 5.21. The van der Waals surface area contributed by atoms with Gasteiger partial charge in [0.2, 0.25) is 10.0 Å². The average Bonchev–Trinajstić information content (AvgIpc) is 3.36. The number of amides is 1. The molecule has 44 heavy (non-hydrogen) atoms. The minimum Gasteiger partial charge on any atom is -0.487 e. The Hall–Kier alpha value is -4.74. The maximum atomic E-state index is 13.9. The number of nitrogens with one attached hydrogen (secondary N) is 2. The number of aryl methyl sites for hydroxylation is 1. The Bertz CT molecular complexity index is 1850. The van der Waals surface area contributed by atoms with Crippen LogP contribution in [0.3, 0.4) is 0 Å². The summed E-state index contributed by atoms with van der Waals surface area (Å²) in [7, 11) is -4.50. The number of rotatable bonds is 11. The van der Waals surface area contributed by atoms with Gasteiger partial charge in [-0.25, -0.2) is 8.42 Å². The van der Waals surface area contributed by atoms with Crippen LogP contribution in [0.1, 0.15) is 47.6 Å². The largest absolute Gasteiger partial charge is 0.487 e. The molecule has 2 aromatic heterocycles. The molecule has 10 nitrogen and oxygen atoms in total. The number of furan rings is 1. The van der Waals surface area contributed by atoms with Crippen molar-refractivity contribution in [3.63, 3.8) is 0 Å². The number of nitrogens with zero attached hydrogens (tertiary/aromatic N) is 1. The summed E-state index contributed by atoms with van der Waals surface area (Å²) in [5, 5.41) is 13.0. The molecule has 0 aliphatic heterocycles. The van der Waals surface area contributed by atoms with E-state index in [9.17, 15) is 23.1 Å². The lowest BCUT2D eigenvalue weighted by Gasteiger charge is -2.34. The second-order valence-corrected chi connectivity index (χ2v) is 12.9. The van der Waals surface area contributed by atoms with Gasteiger partial charge in [-0.05, 0) is 54.3 Å². The van der Waals surface area contributed by atoms with Crippen molar-refractivity contribution in [3.8, 4) is 5.75 Å². The van der Waals surface area contributed by atoms with Crippen LogP contribution in [0.2, 0.25) is 0 Å². The van der Waals surface area contributed by atoms with Crippen molar-refractivity contribution in [1.29, 1.82) is 0 Å². The van der Waals surface area contributed by atoms with Crippen molar-refractivity contribution < 1.29 is 32.3 Å². The van der Waals surface area contributed by atoms with E-state index in [0.717, 1.165) is 16.8 Å². The molecule has 5 rings (SSSR count). The summed E-state index contributed by atoms with van der Waals surface area (Å²) in [6.45, 7) is 5.08. The van der Waals surface area contributed by atoms with Crippen molar-refractivity contribution in [2.75, 3.05) is 0 Å². The minimum absolute atomic E-state index is 0.0895. The first kappa shape index (κ1) is 30.7. The molecule has 4 aromatic rings. The number of allylic oxidation sites excluding steroid dienone is 2. The van der Waals surface area contributed by atoms with Crippen molar-refractivity contribution in [2.24, 2.45) is 5.92 Å². The molecular weight excluding hydrogens is 582 g/mol. The molecule has 1 aliphatic rings. The van der Waals surface area contributed by atoms with E-state index in [2.05, 4.69) is 15.0 Å². The van der Waals surface area contributed by atoms with Gasteiger partial charge in [-0.15, -0.1) is 0 Å². The number of hydrogen-bond donors (Lipinski definition) is 3. The summed E-state index contributed by atoms with van der Waals surface area (Å²) in [6, 6.07) is 18.6. The molecule has 1 amide bonds.